The van der Waals surface area contributed by atoms with E-state index in [1.807, 2.05) is 0 Å². The first-order valence-electron chi connectivity index (χ1n) is 8.79. The molecule has 3 rings (SSSR count). The third kappa shape index (κ3) is 6.14. The molecule has 2 N–H and O–H groups in total. The Kier molecular flexibility index (Phi) is 6.96. The standard InChI is InChI=1S/C19H16N6O5S/c1-30-15-7-5-13(6-8-15)18(27)21-19-24-23-17(31-19)10-16(26)22-20-11-12-3-2-4-14(9-12)25(28)29/h2-9,11H,10H2,1H3,(H,22,26)(H,21,24,27). The highest BCUT2D eigenvalue weighted by atomic mass is 32.1. The van der Waals surface area contributed by atoms with Crippen molar-refractivity contribution in [2.75, 3.05) is 12.4 Å². The maximum atomic E-state index is 12.2. The van der Waals surface area contributed by atoms with Crippen molar-refractivity contribution in [3.8, 4) is 5.75 Å². The molecule has 0 bridgehead atoms. The van der Waals surface area contributed by atoms with E-state index in [9.17, 15) is 19.7 Å². The minimum absolute atomic E-state index is 0.0756. The molecule has 0 aliphatic carbocycles. The maximum Gasteiger partial charge on any atom is 0.270 e. The van der Waals surface area contributed by atoms with Gasteiger partial charge in [-0.25, -0.2) is 5.43 Å². The lowest BCUT2D eigenvalue weighted by Gasteiger charge is -2.02. The zero-order valence-corrected chi connectivity index (χ0v) is 17.0. The van der Waals surface area contributed by atoms with Crippen LogP contribution in [0.4, 0.5) is 10.8 Å². The number of hydrazone groups is 1. The zero-order valence-electron chi connectivity index (χ0n) is 16.1. The molecule has 0 radical (unpaired) electrons. The van der Waals surface area contributed by atoms with Crippen molar-refractivity contribution in [3.63, 3.8) is 0 Å². The number of amides is 2. The monoisotopic (exact) mass is 440 g/mol. The number of nitro benzene ring substituents is 1. The number of carbonyl (C=O) groups is 2. The summed E-state index contributed by atoms with van der Waals surface area (Å²) in [7, 11) is 1.53. The number of hydrogen-bond donors (Lipinski definition) is 2. The van der Waals surface area contributed by atoms with Crippen LogP contribution in [-0.2, 0) is 11.2 Å². The first-order chi connectivity index (χ1) is 14.9. The number of ether oxygens (including phenoxy) is 1. The number of anilines is 1. The van der Waals surface area contributed by atoms with E-state index < -0.39 is 10.8 Å². The number of non-ortho nitro benzene ring substituents is 1. The van der Waals surface area contributed by atoms with Crippen LogP contribution < -0.4 is 15.5 Å². The molecular weight excluding hydrogens is 424 g/mol. The molecule has 2 aromatic carbocycles. The van der Waals surface area contributed by atoms with Gasteiger partial charge in [-0.1, -0.05) is 23.5 Å². The van der Waals surface area contributed by atoms with E-state index in [0.29, 0.717) is 21.9 Å². The summed E-state index contributed by atoms with van der Waals surface area (Å²) in [5, 5.41) is 25.5. The fourth-order valence-corrected chi connectivity index (χ4v) is 3.10. The van der Waals surface area contributed by atoms with Gasteiger partial charge >= 0.3 is 0 Å². The van der Waals surface area contributed by atoms with Gasteiger partial charge < -0.3 is 4.74 Å². The molecule has 0 spiro atoms. The third-order valence-electron chi connectivity index (χ3n) is 3.84. The van der Waals surface area contributed by atoms with Crippen molar-refractivity contribution in [1.82, 2.24) is 15.6 Å². The first kappa shape index (κ1) is 21.5. The van der Waals surface area contributed by atoms with Gasteiger partial charge in [0.1, 0.15) is 10.8 Å². The minimum Gasteiger partial charge on any atom is -0.497 e. The Morgan fingerprint density at radius 1 is 1.23 bits per heavy atom. The van der Waals surface area contributed by atoms with Crippen molar-refractivity contribution in [2.45, 2.75) is 6.42 Å². The second-order valence-electron chi connectivity index (χ2n) is 6.01. The van der Waals surface area contributed by atoms with Crippen LogP contribution in [0.25, 0.3) is 0 Å². The van der Waals surface area contributed by atoms with E-state index in [0.717, 1.165) is 11.3 Å². The van der Waals surface area contributed by atoms with Crippen LogP contribution in [0.2, 0.25) is 0 Å². The van der Waals surface area contributed by atoms with Gasteiger partial charge in [0.15, 0.2) is 0 Å². The van der Waals surface area contributed by atoms with Gasteiger partial charge in [-0.15, -0.1) is 10.2 Å². The van der Waals surface area contributed by atoms with Gasteiger partial charge in [-0.2, -0.15) is 5.10 Å². The average molecular weight is 440 g/mol. The lowest BCUT2D eigenvalue weighted by Crippen LogP contribution is -2.19. The van der Waals surface area contributed by atoms with Crippen molar-refractivity contribution in [3.05, 3.63) is 74.8 Å². The van der Waals surface area contributed by atoms with Crippen molar-refractivity contribution >= 4 is 40.2 Å². The highest BCUT2D eigenvalue weighted by molar-refractivity contribution is 7.15. The molecule has 158 valence electrons. The van der Waals surface area contributed by atoms with E-state index in [-0.39, 0.29) is 23.1 Å². The maximum absolute atomic E-state index is 12.2. The molecule has 0 aliphatic rings. The van der Waals surface area contributed by atoms with Gasteiger partial charge in [-0.05, 0) is 24.3 Å². The van der Waals surface area contributed by atoms with Gasteiger partial charge in [0.05, 0.1) is 24.7 Å². The number of nitrogens with zero attached hydrogens (tertiary/aromatic N) is 4. The summed E-state index contributed by atoms with van der Waals surface area (Å²) in [5.41, 5.74) is 3.13. The van der Waals surface area contributed by atoms with Gasteiger partial charge in [0.25, 0.3) is 11.6 Å². The van der Waals surface area contributed by atoms with Crippen LogP contribution in [0.3, 0.4) is 0 Å². The second kappa shape index (κ2) is 10.0. The first-order valence-corrected chi connectivity index (χ1v) is 9.60. The van der Waals surface area contributed by atoms with Crippen LogP contribution in [0.5, 0.6) is 5.75 Å². The molecule has 0 aliphatic heterocycles. The predicted molar refractivity (Wildman–Crippen MR) is 113 cm³/mol. The summed E-state index contributed by atoms with van der Waals surface area (Å²) in [5.74, 6) is -0.184. The van der Waals surface area contributed by atoms with Gasteiger partial charge in [0.2, 0.25) is 11.0 Å². The van der Waals surface area contributed by atoms with Crippen LogP contribution in [0.15, 0.2) is 53.6 Å². The number of carbonyl (C=O) groups excluding carboxylic acids is 2. The van der Waals surface area contributed by atoms with Crippen molar-refractivity contribution in [2.24, 2.45) is 5.10 Å². The molecule has 1 aromatic heterocycles. The van der Waals surface area contributed by atoms with E-state index in [1.165, 1.54) is 31.5 Å². The number of aromatic nitrogens is 2. The molecule has 11 nitrogen and oxygen atoms in total. The average Bonchev–Trinajstić information content (AvgIpc) is 3.20. The number of nitrogens with one attached hydrogen (secondary N) is 2. The van der Waals surface area contributed by atoms with Crippen molar-refractivity contribution < 1.29 is 19.2 Å². The van der Waals surface area contributed by atoms with Crippen LogP contribution in [0, 0.1) is 10.1 Å². The number of nitro groups is 1. The van der Waals surface area contributed by atoms with Crippen LogP contribution in [-0.4, -0.2) is 40.3 Å². The fourth-order valence-electron chi connectivity index (χ4n) is 2.36. The number of rotatable bonds is 8. The third-order valence-corrected chi connectivity index (χ3v) is 4.67. The number of hydrogen-bond acceptors (Lipinski definition) is 9. The highest BCUT2D eigenvalue weighted by Gasteiger charge is 2.12. The Bertz CT molecular complexity index is 1130. The lowest BCUT2D eigenvalue weighted by molar-refractivity contribution is -0.384. The van der Waals surface area contributed by atoms with E-state index in [4.69, 9.17) is 4.74 Å². The van der Waals surface area contributed by atoms with E-state index >= 15 is 0 Å². The smallest absolute Gasteiger partial charge is 0.270 e. The molecule has 0 unspecified atom stereocenters. The lowest BCUT2D eigenvalue weighted by atomic mass is 10.2. The zero-order chi connectivity index (χ0) is 22.2. The summed E-state index contributed by atoms with van der Waals surface area (Å²) in [4.78, 5) is 34.5. The molecule has 12 heteroatoms. The summed E-state index contributed by atoms with van der Waals surface area (Å²) >= 11 is 1.06. The summed E-state index contributed by atoms with van der Waals surface area (Å²) in [6.45, 7) is 0. The number of methoxy groups -OCH3 is 1. The quantitative estimate of drug-likeness (QED) is 0.310. The Morgan fingerprint density at radius 3 is 2.71 bits per heavy atom. The molecule has 31 heavy (non-hydrogen) atoms. The Labute approximate surface area is 179 Å². The molecule has 3 aromatic rings. The molecule has 0 atom stereocenters. The Balaban J connectivity index is 1.51. The molecule has 0 saturated carbocycles. The Hall–Kier alpha value is -4.19. The fraction of sp³-hybridized carbons (Fsp3) is 0.105. The Morgan fingerprint density at radius 2 is 2.00 bits per heavy atom. The molecule has 0 saturated heterocycles. The summed E-state index contributed by atoms with van der Waals surface area (Å²) in [6.07, 6.45) is 1.20. The summed E-state index contributed by atoms with van der Waals surface area (Å²) in [6, 6.07) is 12.4. The molecule has 0 fully saturated rings. The molecule has 2 amide bonds. The van der Waals surface area contributed by atoms with E-state index in [2.05, 4.69) is 26.0 Å². The van der Waals surface area contributed by atoms with Gasteiger partial charge in [0, 0.05) is 23.3 Å². The molecule has 1 heterocycles. The normalized spacial score (nSPS) is 10.6. The van der Waals surface area contributed by atoms with Crippen LogP contribution >= 0.6 is 11.3 Å². The predicted octanol–water partition coefficient (Wildman–Crippen LogP) is 2.40. The van der Waals surface area contributed by atoms with Gasteiger partial charge in [-0.3, -0.25) is 25.0 Å². The number of benzene rings is 2. The van der Waals surface area contributed by atoms with Crippen molar-refractivity contribution in [1.29, 1.82) is 0 Å². The topological polar surface area (TPSA) is 149 Å². The second-order valence-corrected chi connectivity index (χ2v) is 7.07. The minimum atomic E-state index is -0.517. The largest absolute Gasteiger partial charge is 0.497 e. The summed E-state index contributed by atoms with van der Waals surface area (Å²) < 4.78 is 5.05. The highest BCUT2D eigenvalue weighted by Crippen LogP contribution is 2.18. The van der Waals surface area contributed by atoms with E-state index in [1.54, 1.807) is 30.3 Å². The molecular formula is C19H16N6O5S. The SMILES string of the molecule is COc1ccc(C(=O)Nc2nnc(CC(=O)NN=Cc3cccc([N+](=O)[O-])c3)s2)cc1. The van der Waals surface area contributed by atoms with Crippen LogP contribution in [0.1, 0.15) is 20.9 Å².